The lowest BCUT2D eigenvalue weighted by Gasteiger charge is -2.16. The van der Waals surface area contributed by atoms with E-state index in [1.54, 1.807) is 36.4 Å². The highest BCUT2D eigenvalue weighted by Gasteiger charge is 2.15. The van der Waals surface area contributed by atoms with Crippen molar-refractivity contribution in [1.82, 2.24) is 15.0 Å². The van der Waals surface area contributed by atoms with Gasteiger partial charge in [-0.25, -0.2) is 9.55 Å². The van der Waals surface area contributed by atoms with E-state index >= 15 is 0 Å². The van der Waals surface area contributed by atoms with E-state index < -0.39 is 11.9 Å². The number of hydrogen-bond acceptors (Lipinski definition) is 5. The Balaban J connectivity index is 2.04. The van der Waals surface area contributed by atoms with Gasteiger partial charge in [-0.05, 0) is 30.7 Å². The molecule has 1 heterocycles. The second kappa shape index (κ2) is 7.69. The van der Waals surface area contributed by atoms with Crippen molar-refractivity contribution >= 4 is 28.7 Å². The van der Waals surface area contributed by atoms with E-state index in [-0.39, 0.29) is 24.3 Å². The number of rotatable bonds is 6. The Labute approximate surface area is 154 Å². The minimum absolute atomic E-state index is 0.136. The average molecular weight is 366 g/mol. The number of aliphatic carboxylic acids is 1. The molecule has 0 unspecified atom stereocenters. The number of carboxylic acids is 1. The first-order chi connectivity index (χ1) is 13.0. The van der Waals surface area contributed by atoms with Crippen LogP contribution in [0.1, 0.15) is 18.4 Å². The average Bonchev–Trinajstić information content (AvgIpc) is 2.66. The molecular weight excluding hydrogens is 348 g/mol. The highest BCUT2D eigenvalue weighted by atomic mass is 16.4. The molecule has 3 N–H and O–H groups in total. The van der Waals surface area contributed by atoms with Gasteiger partial charge in [0.1, 0.15) is 0 Å². The van der Waals surface area contributed by atoms with Gasteiger partial charge >= 0.3 is 5.97 Å². The molecule has 3 aromatic rings. The zero-order valence-electron chi connectivity index (χ0n) is 14.6. The lowest BCUT2D eigenvalue weighted by Crippen LogP contribution is -2.34. The lowest BCUT2D eigenvalue weighted by atomic mass is 10.2. The van der Waals surface area contributed by atoms with Crippen LogP contribution in [0.2, 0.25) is 0 Å². The van der Waals surface area contributed by atoms with Crippen LogP contribution in [-0.2, 0) is 9.59 Å². The Morgan fingerprint density at radius 3 is 2.52 bits per heavy atom. The van der Waals surface area contributed by atoms with Gasteiger partial charge in [0.05, 0.1) is 23.0 Å². The first kappa shape index (κ1) is 18.1. The van der Waals surface area contributed by atoms with Crippen molar-refractivity contribution in [3.05, 3.63) is 64.4 Å². The Morgan fingerprint density at radius 2 is 1.78 bits per heavy atom. The molecule has 0 spiro atoms. The third-order valence-electron chi connectivity index (χ3n) is 4.01. The van der Waals surface area contributed by atoms with Crippen LogP contribution in [0, 0.1) is 6.92 Å². The normalized spacial score (nSPS) is 10.6. The summed E-state index contributed by atoms with van der Waals surface area (Å²) in [6.45, 7) is 1.87. The molecule has 8 nitrogen and oxygen atoms in total. The third kappa shape index (κ3) is 3.95. The predicted molar refractivity (Wildman–Crippen MR) is 101 cm³/mol. The topological polar surface area (TPSA) is 113 Å². The lowest BCUT2D eigenvalue weighted by molar-refractivity contribution is -0.138. The molecule has 138 valence electrons. The number of carbonyl (C=O) groups excluding carboxylic acids is 1. The van der Waals surface area contributed by atoms with E-state index in [1.165, 1.54) is 4.57 Å². The molecule has 0 aliphatic rings. The summed E-state index contributed by atoms with van der Waals surface area (Å²) in [5, 5.41) is 9.12. The predicted octanol–water partition coefficient (Wildman–Crippen LogP) is 2.00. The number of hydrazine groups is 1. The molecule has 0 aliphatic heterocycles. The minimum atomic E-state index is -1.06. The third-order valence-corrected chi connectivity index (χ3v) is 4.01. The Hall–Kier alpha value is -3.68. The van der Waals surface area contributed by atoms with E-state index in [0.29, 0.717) is 16.6 Å². The molecular formula is C19H18N4O4. The SMILES string of the molecule is Cc1ccccc1-n1c(NNC(=O)CCC(=O)O)nc2ccccc2c1=O. The number of nitrogens with one attached hydrogen (secondary N) is 2. The summed E-state index contributed by atoms with van der Waals surface area (Å²) in [7, 11) is 0. The minimum Gasteiger partial charge on any atom is -0.481 e. The maximum Gasteiger partial charge on any atom is 0.303 e. The van der Waals surface area contributed by atoms with E-state index in [1.807, 2.05) is 19.1 Å². The molecule has 0 bridgehead atoms. The van der Waals surface area contributed by atoms with Crippen molar-refractivity contribution in [2.24, 2.45) is 0 Å². The van der Waals surface area contributed by atoms with Gasteiger partial charge in [0.15, 0.2) is 0 Å². The molecule has 0 saturated heterocycles. The number of amides is 1. The van der Waals surface area contributed by atoms with Crippen molar-refractivity contribution in [3.63, 3.8) is 0 Å². The van der Waals surface area contributed by atoms with Crippen LogP contribution in [0.25, 0.3) is 16.6 Å². The van der Waals surface area contributed by atoms with Gasteiger partial charge in [-0.1, -0.05) is 30.3 Å². The van der Waals surface area contributed by atoms with Crippen molar-refractivity contribution in [2.45, 2.75) is 19.8 Å². The number of carboxylic acid groups (broad SMARTS) is 1. The van der Waals surface area contributed by atoms with E-state index in [0.717, 1.165) is 5.56 Å². The van der Waals surface area contributed by atoms with Gasteiger partial charge in [0.25, 0.3) is 5.56 Å². The Kier molecular flexibility index (Phi) is 5.16. The summed E-state index contributed by atoms with van der Waals surface area (Å²) >= 11 is 0. The number of aromatic nitrogens is 2. The van der Waals surface area contributed by atoms with Gasteiger partial charge in [0, 0.05) is 6.42 Å². The summed E-state index contributed by atoms with van der Waals surface area (Å²) in [6, 6.07) is 14.2. The zero-order chi connectivity index (χ0) is 19.4. The van der Waals surface area contributed by atoms with Gasteiger partial charge in [0.2, 0.25) is 11.9 Å². The smallest absolute Gasteiger partial charge is 0.303 e. The Morgan fingerprint density at radius 1 is 1.07 bits per heavy atom. The monoisotopic (exact) mass is 366 g/mol. The molecule has 0 fully saturated rings. The number of aryl methyl sites for hydroxylation is 1. The van der Waals surface area contributed by atoms with E-state index in [9.17, 15) is 14.4 Å². The van der Waals surface area contributed by atoms with Gasteiger partial charge in [-0.15, -0.1) is 0 Å². The fourth-order valence-electron chi connectivity index (χ4n) is 2.66. The van der Waals surface area contributed by atoms with Crippen LogP contribution >= 0.6 is 0 Å². The van der Waals surface area contributed by atoms with Crippen LogP contribution in [0.4, 0.5) is 5.95 Å². The molecule has 1 aromatic heterocycles. The highest BCUT2D eigenvalue weighted by molar-refractivity contribution is 5.82. The van der Waals surface area contributed by atoms with E-state index in [2.05, 4.69) is 15.8 Å². The molecule has 2 aromatic carbocycles. The second-order valence-electron chi connectivity index (χ2n) is 5.95. The molecule has 1 amide bonds. The highest BCUT2D eigenvalue weighted by Crippen LogP contribution is 2.18. The number of nitrogens with zero attached hydrogens (tertiary/aromatic N) is 2. The first-order valence-corrected chi connectivity index (χ1v) is 8.32. The zero-order valence-corrected chi connectivity index (χ0v) is 14.6. The number of fused-ring (bicyclic) bond motifs is 1. The molecule has 0 atom stereocenters. The van der Waals surface area contributed by atoms with Crippen LogP contribution in [0.5, 0.6) is 0 Å². The van der Waals surface area contributed by atoms with Crippen molar-refractivity contribution < 1.29 is 14.7 Å². The largest absolute Gasteiger partial charge is 0.481 e. The Bertz CT molecular complexity index is 1070. The number of anilines is 1. The number of para-hydroxylation sites is 2. The van der Waals surface area contributed by atoms with Crippen molar-refractivity contribution in [1.29, 1.82) is 0 Å². The standard InChI is InChI=1S/C19H18N4O4/c1-12-6-2-5-9-15(12)23-18(27)13-7-3-4-8-14(13)20-19(23)22-21-16(24)10-11-17(25)26/h2-9H,10-11H2,1H3,(H,20,22)(H,21,24)(H,25,26). The fraction of sp³-hybridized carbons (Fsp3) is 0.158. The molecule has 8 heteroatoms. The van der Waals surface area contributed by atoms with Crippen molar-refractivity contribution in [2.75, 3.05) is 5.43 Å². The summed E-state index contributed by atoms with van der Waals surface area (Å²) in [5.74, 6) is -1.45. The second-order valence-corrected chi connectivity index (χ2v) is 5.95. The van der Waals surface area contributed by atoms with Crippen LogP contribution in [0.15, 0.2) is 53.3 Å². The number of hydrogen-bond donors (Lipinski definition) is 3. The summed E-state index contributed by atoms with van der Waals surface area (Å²) < 4.78 is 1.38. The van der Waals surface area contributed by atoms with Crippen LogP contribution in [0.3, 0.4) is 0 Å². The van der Waals surface area contributed by atoms with Crippen LogP contribution in [-0.4, -0.2) is 26.5 Å². The molecule has 0 radical (unpaired) electrons. The van der Waals surface area contributed by atoms with Gasteiger partial charge in [-0.3, -0.25) is 25.2 Å². The quantitative estimate of drug-likeness (QED) is 0.575. The van der Waals surface area contributed by atoms with Gasteiger partial charge in [-0.2, -0.15) is 0 Å². The van der Waals surface area contributed by atoms with E-state index in [4.69, 9.17) is 5.11 Å². The maximum absolute atomic E-state index is 13.1. The molecule has 27 heavy (non-hydrogen) atoms. The number of carbonyl (C=O) groups is 2. The summed E-state index contributed by atoms with van der Waals surface area (Å²) in [5.41, 5.74) is 6.74. The number of benzene rings is 2. The van der Waals surface area contributed by atoms with Gasteiger partial charge < -0.3 is 5.11 Å². The van der Waals surface area contributed by atoms with Crippen molar-refractivity contribution in [3.8, 4) is 5.69 Å². The molecule has 0 aliphatic carbocycles. The summed E-state index contributed by atoms with van der Waals surface area (Å²) in [6.07, 6.45) is -0.478. The van der Waals surface area contributed by atoms with Crippen LogP contribution < -0.4 is 16.4 Å². The fourth-order valence-corrected chi connectivity index (χ4v) is 2.66. The summed E-state index contributed by atoms with van der Waals surface area (Å²) in [4.78, 5) is 39.9. The first-order valence-electron chi connectivity index (χ1n) is 8.32. The molecule has 3 rings (SSSR count). The maximum atomic E-state index is 13.1. The molecule has 0 saturated carbocycles.